The van der Waals surface area contributed by atoms with Crippen molar-refractivity contribution in [2.24, 2.45) is 0 Å². The van der Waals surface area contributed by atoms with Crippen molar-refractivity contribution in [3.63, 3.8) is 0 Å². The number of nitrogens with zero attached hydrogens (tertiary/aromatic N) is 1. The molecule has 2 aromatic carbocycles. The predicted octanol–water partition coefficient (Wildman–Crippen LogP) is 5.15. The molecule has 30 heavy (non-hydrogen) atoms. The van der Waals surface area contributed by atoms with Gasteiger partial charge < -0.3 is 9.47 Å². The predicted molar refractivity (Wildman–Crippen MR) is 119 cm³/mol. The van der Waals surface area contributed by atoms with E-state index in [1.165, 1.54) is 12.1 Å². The molecule has 0 aliphatic heterocycles. The molecule has 6 nitrogen and oxygen atoms in total. The molecule has 162 valence electrons. The van der Waals surface area contributed by atoms with Crippen LogP contribution in [0.15, 0.2) is 76.6 Å². The summed E-state index contributed by atoms with van der Waals surface area (Å²) >= 11 is 3.25. The molecule has 0 aliphatic rings. The van der Waals surface area contributed by atoms with E-state index >= 15 is 0 Å². The molecule has 0 bridgehead atoms. The molecule has 2 aromatic rings. The van der Waals surface area contributed by atoms with E-state index in [4.69, 9.17) is 9.47 Å². The maximum atomic E-state index is 13.4. The normalized spacial score (nSPS) is 12.8. The van der Waals surface area contributed by atoms with Crippen LogP contribution in [0.3, 0.4) is 0 Å². The van der Waals surface area contributed by atoms with Gasteiger partial charge in [0.2, 0.25) is 0 Å². The second-order valence-corrected chi connectivity index (χ2v) is 10.2. The Morgan fingerprint density at radius 1 is 1.13 bits per heavy atom. The average molecular weight is 496 g/mol. The van der Waals surface area contributed by atoms with Gasteiger partial charge in [-0.3, -0.25) is 0 Å². The van der Waals surface area contributed by atoms with Crippen LogP contribution in [0.4, 0.5) is 4.79 Å². The van der Waals surface area contributed by atoms with Crippen LogP contribution in [0.2, 0.25) is 0 Å². The van der Waals surface area contributed by atoms with Crippen molar-refractivity contribution in [1.82, 2.24) is 4.31 Å². The summed E-state index contributed by atoms with van der Waals surface area (Å²) in [7, 11) is -4.25. The van der Waals surface area contributed by atoms with E-state index in [9.17, 15) is 13.2 Å². The topological polar surface area (TPSA) is 72.9 Å². The molecule has 0 aromatic heterocycles. The molecule has 0 unspecified atom stereocenters. The number of carbonyl (C=O) groups excluding carboxylic acids is 1. The highest BCUT2D eigenvalue weighted by Gasteiger charge is 2.38. The van der Waals surface area contributed by atoms with Gasteiger partial charge in [0.1, 0.15) is 10.5 Å². The Morgan fingerprint density at radius 2 is 1.73 bits per heavy atom. The van der Waals surface area contributed by atoms with Gasteiger partial charge in [-0.05, 0) is 54.4 Å². The van der Waals surface area contributed by atoms with E-state index in [-0.39, 0.29) is 18.1 Å². The van der Waals surface area contributed by atoms with Crippen LogP contribution < -0.4 is 0 Å². The van der Waals surface area contributed by atoms with E-state index in [0.29, 0.717) is 8.78 Å². The zero-order chi connectivity index (χ0) is 22.4. The Kier molecular flexibility index (Phi) is 8.23. The summed E-state index contributed by atoms with van der Waals surface area (Å²) in [5.41, 5.74) is 0.0489. The summed E-state index contributed by atoms with van der Waals surface area (Å²) in [5, 5.41) is 0. The fourth-order valence-electron chi connectivity index (χ4n) is 2.58. The van der Waals surface area contributed by atoms with Crippen LogP contribution in [0.25, 0.3) is 0 Å². The molecule has 2 rings (SSSR count). The van der Waals surface area contributed by atoms with Gasteiger partial charge in [-0.1, -0.05) is 48.5 Å². The third kappa shape index (κ3) is 6.42. The smallest absolute Gasteiger partial charge is 0.425 e. The minimum absolute atomic E-state index is 0.0502. The molecule has 8 heteroatoms. The highest BCUT2D eigenvalue weighted by Crippen LogP contribution is 2.28. The molecule has 0 N–H and O–H groups in total. The van der Waals surface area contributed by atoms with Crippen molar-refractivity contribution in [3.8, 4) is 0 Å². The molecule has 1 amide bonds. The highest BCUT2D eigenvalue weighted by molar-refractivity contribution is 9.10. The molecule has 0 radical (unpaired) electrons. The number of hydrogen-bond donors (Lipinski definition) is 0. The van der Waals surface area contributed by atoms with E-state index in [1.54, 1.807) is 39.0 Å². The van der Waals surface area contributed by atoms with Crippen molar-refractivity contribution in [3.05, 3.63) is 77.3 Å². The Balaban J connectivity index is 2.34. The Hall–Kier alpha value is -2.16. The third-order valence-corrected chi connectivity index (χ3v) is 6.72. The van der Waals surface area contributed by atoms with Gasteiger partial charge in [-0.15, -0.1) is 6.58 Å². The zero-order valence-electron chi connectivity index (χ0n) is 17.2. The Bertz CT molecular complexity index is 971. The summed E-state index contributed by atoms with van der Waals surface area (Å²) in [6.07, 6.45) is 0.370. The molecular weight excluding hydrogens is 470 g/mol. The van der Waals surface area contributed by atoms with E-state index in [0.717, 1.165) is 5.56 Å². The lowest BCUT2D eigenvalue weighted by Gasteiger charge is -2.31. The highest BCUT2D eigenvalue weighted by atomic mass is 79.9. The lowest BCUT2D eigenvalue weighted by molar-refractivity contribution is 0.0262. The lowest BCUT2D eigenvalue weighted by Crippen LogP contribution is -2.48. The van der Waals surface area contributed by atoms with Crippen LogP contribution in [0.1, 0.15) is 26.3 Å². The number of ether oxygens (including phenoxy) is 2. The van der Waals surface area contributed by atoms with Gasteiger partial charge in [-0.25, -0.2) is 13.2 Å². The van der Waals surface area contributed by atoms with Gasteiger partial charge in [0, 0.05) is 4.47 Å². The van der Waals surface area contributed by atoms with Crippen LogP contribution in [0.5, 0.6) is 0 Å². The number of halogens is 1. The standard InChI is InChI=1S/C22H26BrNO5S/c1-5-18(16-28-15-17-11-7-6-8-12-17)24(21(25)29-22(2,3)4)30(26,27)20-14-10-9-13-19(20)23/h5-14,18H,1,15-16H2,2-4H3/t18-/m0/s1. The minimum atomic E-state index is -4.25. The largest absolute Gasteiger partial charge is 0.443 e. The molecule has 1 atom stereocenters. The van der Waals surface area contributed by atoms with E-state index in [1.807, 2.05) is 30.3 Å². The van der Waals surface area contributed by atoms with Crippen molar-refractivity contribution >= 4 is 32.0 Å². The number of carbonyl (C=O) groups is 1. The SMILES string of the molecule is C=C[C@@H](COCc1ccccc1)N(C(=O)OC(C)(C)C)S(=O)(=O)c1ccccc1Br. The zero-order valence-corrected chi connectivity index (χ0v) is 19.6. The summed E-state index contributed by atoms with van der Waals surface area (Å²) in [6.45, 7) is 8.92. The summed E-state index contributed by atoms with van der Waals surface area (Å²) < 4.78 is 38.9. The second-order valence-electron chi connectivity index (χ2n) is 7.52. The fraction of sp³-hybridized carbons (Fsp3) is 0.318. The molecule has 0 saturated carbocycles. The van der Waals surface area contributed by atoms with Gasteiger partial charge in [-0.2, -0.15) is 4.31 Å². The third-order valence-electron chi connectivity index (χ3n) is 3.92. The van der Waals surface area contributed by atoms with Crippen molar-refractivity contribution in [2.75, 3.05) is 6.61 Å². The van der Waals surface area contributed by atoms with Crippen molar-refractivity contribution in [1.29, 1.82) is 0 Å². The van der Waals surface area contributed by atoms with Gasteiger partial charge in [0.05, 0.1) is 19.3 Å². The molecule has 0 spiro atoms. The number of benzene rings is 2. The molecule has 0 fully saturated rings. The van der Waals surface area contributed by atoms with Crippen molar-refractivity contribution in [2.45, 2.75) is 43.9 Å². The number of hydrogen-bond acceptors (Lipinski definition) is 5. The lowest BCUT2D eigenvalue weighted by atomic mass is 10.2. The van der Waals surface area contributed by atoms with Crippen LogP contribution >= 0.6 is 15.9 Å². The Morgan fingerprint density at radius 3 is 2.30 bits per heavy atom. The molecular formula is C22H26BrNO5S. The first-order valence-electron chi connectivity index (χ1n) is 9.32. The first kappa shape index (κ1) is 24.1. The summed E-state index contributed by atoms with van der Waals surface area (Å²) in [6, 6.07) is 14.8. The first-order valence-corrected chi connectivity index (χ1v) is 11.6. The monoisotopic (exact) mass is 495 g/mol. The number of amides is 1. The van der Waals surface area contributed by atoms with E-state index in [2.05, 4.69) is 22.5 Å². The Labute approximate surface area is 186 Å². The maximum absolute atomic E-state index is 13.4. The molecule has 0 aliphatic carbocycles. The summed E-state index contributed by atoms with van der Waals surface area (Å²) in [5.74, 6) is 0. The van der Waals surface area contributed by atoms with Crippen LogP contribution in [-0.2, 0) is 26.1 Å². The number of rotatable bonds is 8. The van der Waals surface area contributed by atoms with Gasteiger partial charge in [0.15, 0.2) is 0 Å². The minimum Gasteiger partial charge on any atom is -0.443 e. The van der Waals surface area contributed by atoms with Crippen LogP contribution in [0, 0.1) is 0 Å². The van der Waals surface area contributed by atoms with Gasteiger partial charge >= 0.3 is 6.09 Å². The molecule has 0 saturated heterocycles. The fourth-order valence-corrected chi connectivity index (χ4v) is 4.99. The average Bonchev–Trinajstić information content (AvgIpc) is 2.66. The first-order chi connectivity index (χ1) is 14.1. The molecule has 0 heterocycles. The maximum Gasteiger partial charge on any atom is 0.425 e. The van der Waals surface area contributed by atoms with Crippen molar-refractivity contribution < 1.29 is 22.7 Å². The summed E-state index contributed by atoms with van der Waals surface area (Å²) in [4.78, 5) is 12.9. The quantitative estimate of drug-likeness (QED) is 0.473. The second kappa shape index (κ2) is 10.2. The van der Waals surface area contributed by atoms with E-state index < -0.39 is 27.8 Å². The van der Waals surface area contributed by atoms with Gasteiger partial charge in [0.25, 0.3) is 10.0 Å². The van der Waals surface area contributed by atoms with Crippen LogP contribution in [-0.4, -0.2) is 37.1 Å². The number of sulfonamides is 1.